The van der Waals surface area contributed by atoms with Crippen LogP contribution in [-0.4, -0.2) is 33.4 Å². The van der Waals surface area contributed by atoms with Crippen LogP contribution in [0.15, 0.2) is 0 Å². The number of carbonyl (C=O) groups excluding carboxylic acids is 1. The van der Waals surface area contributed by atoms with Crippen LogP contribution in [0.25, 0.3) is 0 Å². The molecule has 0 spiro atoms. The molecule has 1 rings (SSSR count). The summed E-state index contributed by atoms with van der Waals surface area (Å²) in [6.07, 6.45) is 0.605. The Balaban J connectivity index is 2.86. The van der Waals surface area contributed by atoms with Gasteiger partial charge in [0.05, 0.1) is 16.8 Å². The van der Waals surface area contributed by atoms with Crippen LogP contribution in [0.3, 0.4) is 0 Å². The molecule has 7 nitrogen and oxygen atoms in total. The molecular weight excluding hydrogens is 250 g/mol. The number of hydrogen-bond donors (Lipinski definition) is 2. The number of esters is 1. The van der Waals surface area contributed by atoms with Gasteiger partial charge in [-0.25, -0.2) is 4.79 Å². The molecule has 0 radical (unpaired) electrons. The van der Waals surface area contributed by atoms with E-state index in [1.165, 1.54) is 18.5 Å². The minimum Gasteiger partial charge on any atom is -0.481 e. The van der Waals surface area contributed by atoms with Crippen molar-refractivity contribution in [2.24, 2.45) is 12.5 Å². The molecule has 7 heteroatoms. The highest BCUT2D eigenvalue weighted by Crippen LogP contribution is 2.20. The van der Waals surface area contributed by atoms with Crippen molar-refractivity contribution in [3.05, 3.63) is 11.4 Å². The highest BCUT2D eigenvalue weighted by Gasteiger charge is 2.30. The molecule has 0 aliphatic rings. The van der Waals surface area contributed by atoms with Gasteiger partial charge in [0.2, 0.25) is 0 Å². The summed E-state index contributed by atoms with van der Waals surface area (Å²) in [5, 5.41) is 13.0. The molecule has 0 atom stereocenters. The Morgan fingerprint density at radius 3 is 2.47 bits per heavy atom. The van der Waals surface area contributed by atoms with Crippen LogP contribution in [0.4, 0.5) is 5.69 Å². The van der Waals surface area contributed by atoms with E-state index >= 15 is 0 Å². The Morgan fingerprint density at radius 1 is 1.47 bits per heavy atom. The minimum atomic E-state index is -1.14. The van der Waals surface area contributed by atoms with E-state index in [1.807, 2.05) is 6.92 Å². The fourth-order valence-electron chi connectivity index (χ4n) is 1.48. The maximum atomic E-state index is 11.9. The summed E-state index contributed by atoms with van der Waals surface area (Å²) in [7, 11) is 1.59. The number of aromatic nitrogens is 2. The second-order valence-corrected chi connectivity index (χ2v) is 4.95. The van der Waals surface area contributed by atoms with E-state index in [0.717, 1.165) is 0 Å². The zero-order valence-corrected chi connectivity index (χ0v) is 11.6. The van der Waals surface area contributed by atoms with E-state index < -0.39 is 17.4 Å². The van der Waals surface area contributed by atoms with Crippen molar-refractivity contribution in [2.75, 3.05) is 12.3 Å². The largest absolute Gasteiger partial charge is 0.481 e. The molecule has 0 bridgehead atoms. The third-order valence-corrected chi connectivity index (χ3v) is 2.83. The molecule has 3 N–H and O–H groups in total. The van der Waals surface area contributed by atoms with E-state index in [1.54, 1.807) is 7.05 Å². The highest BCUT2D eigenvalue weighted by atomic mass is 16.5. The number of aryl methyl sites for hydroxylation is 2. The molecule has 0 aliphatic heterocycles. The first-order valence-corrected chi connectivity index (χ1v) is 5.92. The smallest absolute Gasteiger partial charge is 0.358 e. The van der Waals surface area contributed by atoms with Crippen molar-refractivity contribution >= 4 is 17.6 Å². The molecule has 0 aromatic carbocycles. The number of nitrogens with two attached hydrogens (primary N) is 1. The number of nitrogen functional groups attached to an aromatic ring is 1. The first kappa shape index (κ1) is 15.0. The number of aliphatic carboxylic acids is 1. The standard InChI is InChI=1S/C12H19N3O4/c1-5-7-8(13)9(15(4)14-7)10(16)19-6-12(2,3)11(17)18/h5-6,13H2,1-4H3,(H,17,18). The predicted molar refractivity (Wildman–Crippen MR) is 68.7 cm³/mol. The van der Waals surface area contributed by atoms with Crippen molar-refractivity contribution in [1.82, 2.24) is 9.78 Å². The average molecular weight is 269 g/mol. The van der Waals surface area contributed by atoms with Gasteiger partial charge in [0, 0.05) is 7.05 Å². The number of nitrogens with zero attached hydrogens (tertiary/aromatic N) is 2. The third-order valence-electron chi connectivity index (χ3n) is 2.83. The number of carboxylic acids is 1. The second kappa shape index (κ2) is 5.29. The van der Waals surface area contributed by atoms with Gasteiger partial charge >= 0.3 is 11.9 Å². The van der Waals surface area contributed by atoms with E-state index in [4.69, 9.17) is 15.6 Å². The lowest BCUT2D eigenvalue weighted by Crippen LogP contribution is -2.31. The summed E-state index contributed by atoms with van der Waals surface area (Å²) in [5.74, 6) is -1.70. The van der Waals surface area contributed by atoms with E-state index in [0.29, 0.717) is 12.1 Å². The topological polar surface area (TPSA) is 107 Å². The lowest BCUT2D eigenvalue weighted by molar-refractivity contribution is -0.149. The Morgan fingerprint density at radius 2 is 2.05 bits per heavy atom. The molecule has 0 amide bonds. The van der Waals surface area contributed by atoms with Crippen LogP contribution in [-0.2, 0) is 23.0 Å². The third kappa shape index (κ3) is 3.04. The molecule has 0 saturated carbocycles. The number of anilines is 1. The number of ether oxygens (including phenoxy) is 1. The van der Waals surface area contributed by atoms with Crippen LogP contribution >= 0.6 is 0 Å². The Kier molecular flexibility index (Phi) is 4.18. The number of hydrogen-bond acceptors (Lipinski definition) is 5. The Hall–Kier alpha value is -2.05. The highest BCUT2D eigenvalue weighted by molar-refractivity contribution is 5.94. The summed E-state index contributed by atoms with van der Waals surface area (Å²) in [6.45, 7) is 4.61. The number of carbonyl (C=O) groups is 2. The minimum absolute atomic E-state index is 0.151. The maximum Gasteiger partial charge on any atom is 0.358 e. The first-order chi connectivity index (χ1) is 8.70. The summed E-state index contributed by atoms with van der Waals surface area (Å²) >= 11 is 0. The quantitative estimate of drug-likeness (QED) is 0.767. The normalized spacial score (nSPS) is 11.4. The second-order valence-electron chi connectivity index (χ2n) is 4.95. The molecule has 0 fully saturated rings. The van der Waals surface area contributed by atoms with Gasteiger partial charge in [-0.05, 0) is 20.3 Å². The zero-order valence-electron chi connectivity index (χ0n) is 11.6. The lowest BCUT2D eigenvalue weighted by Gasteiger charge is -2.18. The number of rotatable bonds is 5. The summed E-state index contributed by atoms with van der Waals surface area (Å²) in [6, 6.07) is 0. The van der Waals surface area contributed by atoms with Crippen LogP contribution in [0, 0.1) is 5.41 Å². The molecule has 1 aromatic heterocycles. The van der Waals surface area contributed by atoms with Crippen molar-refractivity contribution in [1.29, 1.82) is 0 Å². The van der Waals surface area contributed by atoms with Crippen LogP contribution in [0.2, 0.25) is 0 Å². The van der Waals surface area contributed by atoms with Gasteiger partial charge < -0.3 is 15.6 Å². The summed E-state index contributed by atoms with van der Waals surface area (Å²) in [4.78, 5) is 22.8. The Labute approximate surface area is 111 Å². The van der Waals surface area contributed by atoms with Gasteiger partial charge in [-0.2, -0.15) is 5.10 Å². The van der Waals surface area contributed by atoms with Crippen molar-refractivity contribution < 1.29 is 19.4 Å². The predicted octanol–water partition coefficient (Wildman–Crippen LogP) is 0.832. The molecule has 0 unspecified atom stereocenters. The zero-order chi connectivity index (χ0) is 14.8. The van der Waals surface area contributed by atoms with E-state index in [9.17, 15) is 9.59 Å². The number of carboxylic acid groups (broad SMARTS) is 1. The fraction of sp³-hybridized carbons (Fsp3) is 0.583. The van der Waals surface area contributed by atoms with Gasteiger partial charge in [0.25, 0.3) is 0 Å². The maximum absolute atomic E-state index is 11.9. The van der Waals surface area contributed by atoms with Crippen LogP contribution in [0.1, 0.15) is 37.0 Å². The fourth-order valence-corrected chi connectivity index (χ4v) is 1.48. The van der Waals surface area contributed by atoms with Gasteiger partial charge in [-0.3, -0.25) is 9.48 Å². The van der Waals surface area contributed by atoms with Crippen molar-refractivity contribution in [3.8, 4) is 0 Å². The van der Waals surface area contributed by atoms with Crippen LogP contribution < -0.4 is 5.73 Å². The van der Waals surface area contributed by atoms with Crippen molar-refractivity contribution in [2.45, 2.75) is 27.2 Å². The molecule has 0 saturated heterocycles. The molecular formula is C12H19N3O4. The van der Waals surface area contributed by atoms with Crippen molar-refractivity contribution in [3.63, 3.8) is 0 Å². The van der Waals surface area contributed by atoms with Gasteiger partial charge in [-0.1, -0.05) is 6.92 Å². The molecule has 1 heterocycles. The first-order valence-electron chi connectivity index (χ1n) is 5.92. The molecule has 0 aliphatic carbocycles. The summed E-state index contributed by atoms with van der Waals surface area (Å²) in [5.41, 5.74) is 5.72. The van der Waals surface area contributed by atoms with E-state index in [-0.39, 0.29) is 18.0 Å². The molecule has 19 heavy (non-hydrogen) atoms. The van der Waals surface area contributed by atoms with Crippen LogP contribution in [0.5, 0.6) is 0 Å². The monoisotopic (exact) mass is 269 g/mol. The average Bonchev–Trinajstić information content (AvgIpc) is 2.61. The van der Waals surface area contributed by atoms with Gasteiger partial charge in [-0.15, -0.1) is 0 Å². The SMILES string of the molecule is CCc1nn(C)c(C(=O)OCC(C)(C)C(=O)O)c1N. The van der Waals surface area contributed by atoms with Gasteiger partial charge in [0.1, 0.15) is 6.61 Å². The molecule has 1 aromatic rings. The summed E-state index contributed by atoms with van der Waals surface area (Å²) < 4.78 is 6.36. The molecule has 106 valence electrons. The lowest BCUT2D eigenvalue weighted by atomic mass is 9.95. The van der Waals surface area contributed by atoms with E-state index in [2.05, 4.69) is 5.10 Å². The Bertz CT molecular complexity index is 505. The van der Waals surface area contributed by atoms with Gasteiger partial charge in [0.15, 0.2) is 5.69 Å².